The molecule has 0 aliphatic heterocycles. The second-order valence-corrected chi connectivity index (χ2v) is 7.77. The Morgan fingerprint density at radius 2 is 2.07 bits per heavy atom. The van der Waals surface area contributed by atoms with E-state index in [0.29, 0.717) is 13.1 Å². The molecule has 0 saturated carbocycles. The highest BCUT2D eigenvalue weighted by Crippen LogP contribution is 2.10. The van der Waals surface area contributed by atoms with Gasteiger partial charge >= 0.3 is 0 Å². The monoisotopic (exact) mass is 542 g/mol. The molecular formula is C21H28FIN6S. The summed E-state index contributed by atoms with van der Waals surface area (Å²) in [6, 6.07) is 10.8. The number of benzene rings is 1. The van der Waals surface area contributed by atoms with Gasteiger partial charge in [0.15, 0.2) is 5.96 Å². The Labute approximate surface area is 198 Å². The standard InChI is InChI=1S/C21H27FN6S.HI/c1-3-20-26-25-16-28(20)13-12-24-21(23-11-10-19-5-4-14-29-19)27(2)15-17-6-8-18(22)9-7-17;/h4-9,14,16H,3,10-13,15H2,1-2H3,(H,23,24);1H. The molecule has 1 N–H and O–H groups in total. The number of aromatic nitrogens is 3. The van der Waals surface area contributed by atoms with Crippen molar-refractivity contribution in [3.63, 3.8) is 0 Å². The van der Waals surface area contributed by atoms with E-state index in [2.05, 4.69) is 49.4 Å². The van der Waals surface area contributed by atoms with Crippen LogP contribution < -0.4 is 5.32 Å². The van der Waals surface area contributed by atoms with Gasteiger partial charge in [0.2, 0.25) is 0 Å². The van der Waals surface area contributed by atoms with Crippen molar-refractivity contribution >= 4 is 41.3 Å². The van der Waals surface area contributed by atoms with E-state index in [1.54, 1.807) is 29.8 Å². The molecule has 3 rings (SSSR count). The minimum absolute atomic E-state index is 0. The van der Waals surface area contributed by atoms with E-state index in [0.717, 1.165) is 43.3 Å². The molecule has 0 aliphatic carbocycles. The molecule has 2 heterocycles. The van der Waals surface area contributed by atoms with Crippen LogP contribution in [0.4, 0.5) is 4.39 Å². The lowest BCUT2D eigenvalue weighted by Gasteiger charge is -2.23. The molecule has 0 atom stereocenters. The van der Waals surface area contributed by atoms with Crippen LogP contribution in [0.5, 0.6) is 0 Å². The van der Waals surface area contributed by atoms with Crippen molar-refractivity contribution in [2.45, 2.75) is 32.9 Å². The molecule has 0 spiro atoms. The lowest BCUT2D eigenvalue weighted by molar-refractivity contribution is 0.470. The van der Waals surface area contributed by atoms with Gasteiger partial charge in [-0.1, -0.05) is 25.1 Å². The first-order valence-corrected chi connectivity index (χ1v) is 10.7. The van der Waals surface area contributed by atoms with E-state index in [-0.39, 0.29) is 29.8 Å². The number of nitrogens with zero attached hydrogens (tertiary/aromatic N) is 5. The molecular weight excluding hydrogens is 514 g/mol. The van der Waals surface area contributed by atoms with Crippen molar-refractivity contribution in [3.05, 3.63) is 70.2 Å². The van der Waals surface area contributed by atoms with Gasteiger partial charge in [0, 0.05) is 50.9 Å². The van der Waals surface area contributed by atoms with Crippen molar-refractivity contribution in [1.82, 2.24) is 25.0 Å². The number of rotatable bonds is 9. The van der Waals surface area contributed by atoms with E-state index in [9.17, 15) is 4.39 Å². The van der Waals surface area contributed by atoms with Gasteiger partial charge in [-0.15, -0.1) is 45.5 Å². The molecule has 0 bridgehead atoms. The molecule has 0 saturated heterocycles. The average molecular weight is 542 g/mol. The van der Waals surface area contributed by atoms with Gasteiger partial charge in [0.1, 0.15) is 18.0 Å². The highest BCUT2D eigenvalue weighted by molar-refractivity contribution is 14.0. The molecule has 0 fully saturated rings. The Morgan fingerprint density at radius 3 is 2.77 bits per heavy atom. The number of guanidine groups is 1. The van der Waals surface area contributed by atoms with Gasteiger partial charge in [-0.05, 0) is 29.1 Å². The van der Waals surface area contributed by atoms with Crippen LogP contribution in [0.3, 0.4) is 0 Å². The number of hydrogen-bond acceptors (Lipinski definition) is 4. The second-order valence-electron chi connectivity index (χ2n) is 6.74. The van der Waals surface area contributed by atoms with E-state index in [1.807, 2.05) is 7.05 Å². The summed E-state index contributed by atoms with van der Waals surface area (Å²) in [5.41, 5.74) is 1.04. The van der Waals surface area contributed by atoms with Crippen LogP contribution in [-0.4, -0.2) is 45.8 Å². The SMILES string of the molecule is CCc1nncn1CCNC(=NCCc1cccs1)N(C)Cc1ccc(F)cc1.I. The summed E-state index contributed by atoms with van der Waals surface area (Å²) in [5, 5.41) is 13.6. The molecule has 9 heteroatoms. The minimum Gasteiger partial charge on any atom is -0.354 e. The van der Waals surface area contributed by atoms with Crippen molar-refractivity contribution in [2.75, 3.05) is 20.1 Å². The summed E-state index contributed by atoms with van der Waals surface area (Å²) in [6.07, 6.45) is 3.53. The maximum absolute atomic E-state index is 13.2. The summed E-state index contributed by atoms with van der Waals surface area (Å²) >= 11 is 1.75. The molecule has 0 amide bonds. The Kier molecular flexibility index (Phi) is 10.2. The summed E-state index contributed by atoms with van der Waals surface area (Å²) < 4.78 is 15.2. The van der Waals surface area contributed by atoms with Crippen LogP contribution in [0.2, 0.25) is 0 Å². The van der Waals surface area contributed by atoms with Crippen molar-refractivity contribution in [2.24, 2.45) is 4.99 Å². The first kappa shape index (κ1) is 24.3. The number of hydrogen-bond donors (Lipinski definition) is 1. The lowest BCUT2D eigenvalue weighted by Crippen LogP contribution is -2.40. The maximum Gasteiger partial charge on any atom is 0.194 e. The Balaban J connectivity index is 0.00000320. The van der Waals surface area contributed by atoms with Crippen LogP contribution in [-0.2, 0) is 25.9 Å². The molecule has 3 aromatic rings. The molecule has 162 valence electrons. The third-order valence-electron chi connectivity index (χ3n) is 4.54. The summed E-state index contributed by atoms with van der Waals surface area (Å²) in [5.74, 6) is 1.58. The molecule has 2 aromatic heterocycles. The number of aliphatic imine (C=N–C) groups is 1. The first-order valence-electron chi connectivity index (χ1n) is 9.78. The molecule has 6 nitrogen and oxygen atoms in total. The molecule has 1 aromatic carbocycles. The number of thiophene rings is 1. The Morgan fingerprint density at radius 1 is 1.27 bits per heavy atom. The highest BCUT2D eigenvalue weighted by atomic mass is 127. The molecule has 30 heavy (non-hydrogen) atoms. The summed E-state index contributed by atoms with van der Waals surface area (Å²) in [4.78, 5) is 8.19. The lowest BCUT2D eigenvalue weighted by atomic mass is 10.2. The van der Waals surface area contributed by atoms with Gasteiger partial charge in [-0.25, -0.2) is 4.39 Å². The van der Waals surface area contributed by atoms with Gasteiger partial charge in [-0.3, -0.25) is 4.99 Å². The van der Waals surface area contributed by atoms with Crippen LogP contribution >= 0.6 is 35.3 Å². The third kappa shape index (κ3) is 7.35. The van der Waals surface area contributed by atoms with E-state index < -0.39 is 0 Å². The number of halogens is 2. The minimum atomic E-state index is -0.222. The fourth-order valence-electron chi connectivity index (χ4n) is 3.00. The number of aryl methyl sites for hydroxylation is 1. The Hall–Kier alpha value is -2.01. The topological polar surface area (TPSA) is 58.3 Å². The molecule has 0 unspecified atom stereocenters. The first-order chi connectivity index (χ1) is 14.2. The van der Waals surface area contributed by atoms with Gasteiger partial charge in [0.25, 0.3) is 0 Å². The van der Waals surface area contributed by atoms with Crippen LogP contribution in [0.15, 0.2) is 53.1 Å². The summed E-state index contributed by atoms with van der Waals surface area (Å²) in [7, 11) is 2.00. The van der Waals surface area contributed by atoms with Crippen molar-refractivity contribution < 1.29 is 4.39 Å². The number of nitrogens with one attached hydrogen (secondary N) is 1. The van der Waals surface area contributed by atoms with E-state index >= 15 is 0 Å². The van der Waals surface area contributed by atoms with Crippen molar-refractivity contribution in [1.29, 1.82) is 0 Å². The largest absolute Gasteiger partial charge is 0.354 e. The predicted molar refractivity (Wildman–Crippen MR) is 131 cm³/mol. The predicted octanol–water partition coefficient (Wildman–Crippen LogP) is 3.98. The van der Waals surface area contributed by atoms with Gasteiger partial charge in [-0.2, -0.15) is 0 Å². The quantitative estimate of drug-likeness (QED) is 0.253. The molecule has 0 radical (unpaired) electrons. The smallest absolute Gasteiger partial charge is 0.194 e. The summed E-state index contributed by atoms with van der Waals surface area (Å²) in [6.45, 7) is 4.92. The highest BCUT2D eigenvalue weighted by Gasteiger charge is 2.09. The van der Waals surface area contributed by atoms with Gasteiger partial charge in [0.05, 0.1) is 0 Å². The van der Waals surface area contributed by atoms with Crippen LogP contribution in [0.1, 0.15) is 23.2 Å². The fraction of sp³-hybridized carbons (Fsp3) is 0.381. The van der Waals surface area contributed by atoms with Gasteiger partial charge < -0.3 is 14.8 Å². The third-order valence-corrected chi connectivity index (χ3v) is 5.48. The second kappa shape index (κ2) is 12.6. The molecule has 0 aliphatic rings. The van der Waals surface area contributed by atoms with E-state index in [4.69, 9.17) is 4.99 Å². The Bertz CT molecular complexity index is 895. The van der Waals surface area contributed by atoms with Crippen LogP contribution in [0, 0.1) is 5.82 Å². The maximum atomic E-state index is 13.2. The van der Waals surface area contributed by atoms with Crippen molar-refractivity contribution in [3.8, 4) is 0 Å². The zero-order chi connectivity index (χ0) is 20.5. The fourth-order valence-corrected chi connectivity index (χ4v) is 3.70. The zero-order valence-electron chi connectivity index (χ0n) is 17.3. The zero-order valence-corrected chi connectivity index (χ0v) is 20.4. The normalized spacial score (nSPS) is 11.2. The van der Waals surface area contributed by atoms with Crippen LogP contribution in [0.25, 0.3) is 0 Å². The van der Waals surface area contributed by atoms with E-state index in [1.165, 1.54) is 17.0 Å². The average Bonchev–Trinajstić information content (AvgIpc) is 3.40.